The normalized spacial score (nSPS) is 12.9. The number of hydrogen-bond donors (Lipinski definition) is 0. The van der Waals surface area contributed by atoms with E-state index in [-0.39, 0.29) is 0 Å². The molecule has 1 aliphatic heterocycles. The van der Waals surface area contributed by atoms with Crippen LogP contribution >= 0.6 is 0 Å². The van der Waals surface area contributed by atoms with E-state index in [1.54, 1.807) is 0 Å². The third-order valence-electron chi connectivity index (χ3n) is 10.8. The van der Waals surface area contributed by atoms with E-state index in [0.717, 1.165) is 34.2 Å². The number of aromatic nitrogens is 2. The van der Waals surface area contributed by atoms with Gasteiger partial charge in [0.25, 0.3) is 0 Å². The van der Waals surface area contributed by atoms with Crippen molar-refractivity contribution in [2.75, 3.05) is 4.90 Å². The highest BCUT2D eigenvalue weighted by Gasteiger charge is 2.29. The summed E-state index contributed by atoms with van der Waals surface area (Å²) < 4.78 is 11.7. The molecule has 0 aliphatic carbocycles. The second kappa shape index (κ2) is 9.43. The van der Waals surface area contributed by atoms with Gasteiger partial charge in [0.05, 0.1) is 44.6 Å². The van der Waals surface area contributed by atoms with Crippen LogP contribution in [0.1, 0.15) is 0 Å². The number of hydrogen-bond acceptors (Lipinski definition) is 2. The molecule has 4 heterocycles. The number of nitrogens with zero attached hydrogens (tertiary/aromatic N) is 3. The molecular formula is C46H27N3O. The minimum Gasteiger partial charge on any atom is -0.453 e. The molecule has 1 aliphatic rings. The van der Waals surface area contributed by atoms with Crippen LogP contribution in [0.3, 0.4) is 0 Å². The molecule has 0 saturated carbocycles. The van der Waals surface area contributed by atoms with Crippen molar-refractivity contribution in [1.82, 2.24) is 8.97 Å². The quantitative estimate of drug-likeness (QED) is 0.188. The van der Waals surface area contributed by atoms with Crippen LogP contribution in [0.4, 0.5) is 17.1 Å². The third kappa shape index (κ3) is 3.21. The van der Waals surface area contributed by atoms with Gasteiger partial charge in [-0.05, 0) is 59.3 Å². The van der Waals surface area contributed by atoms with E-state index in [1.807, 2.05) is 6.07 Å². The van der Waals surface area contributed by atoms with Crippen LogP contribution in [0.5, 0.6) is 11.5 Å². The van der Waals surface area contributed by atoms with Gasteiger partial charge in [0.1, 0.15) is 0 Å². The molecule has 11 aromatic rings. The van der Waals surface area contributed by atoms with Crippen LogP contribution in [0.15, 0.2) is 164 Å². The molecule has 0 bridgehead atoms. The third-order valence-corrected chi connectivity index (χ3v) is 10.8. The maximum Gasteiger partial charge on any atom is 0.153 e. The van der Waals surface area contributed by atoms with Crippen LogP contribution in [0.2, 0.25) is 0 Å². The van der Waals surface area contributed by atoms with Gasteiger partial charge in [0.15, 0.2) is 11.5 Å². The number of benzene rings is 8. The average Bonchev–Trinajstić information content (AvgIpc) is 3.83. The van der Waals surface area contributed by atoms with Crippen LogP contribution in [0, 0.1) is 0 Å². The van der Waals surface area contributed by atoms with Gasteiger partial charge in [0.2, 0.25) is 0 Å². The van der Waals surface area contributed by atoms with E-state index in [4.69, 9.17) is 4.74 Å². The summed E-state index contributed by atoms with van der Waals surface area (Å²) in [5, 5.41) is 10.2. The molecule has 50 heavy (non-hydrogen) atoms. The molecule has 8 aromatic carbocycles. The fraction of sp³-hybridized carbons (Fsp3) is 0. The monoisotopic (exact) mass is 637 g/mol. The topological polar surface area (TPSA) is 21.8 Å². The second-order valence-electron chi connectivity index (χ2n) is 13.3. The molecule has 0 N–H and O–H groups in total. The van der Waals surface area contributed by atoms with Crippen molar-refractivity contribution in [2.45, 2.75) is 0 Å². The lowest BCUT2D eigenvalue weighted by Gasteiger charge is -2.33. The Bertz CT molecular complexity index is 3180. The summed E-state index contributed by atoms with van der Waals surface area (Å²) in [6.45, 7) is 0. The molecular weight excluding hydrogens is 611 g/mol. The SMILES string of the molecule is c1ccc(N2c3ccccc3Oc3cc(-n4c5ccccc5c5c6ccccc6c6c7cccc8c9ccccc9n(c87)c6c54)ccc32)cc1. The standard InChI is InChI=1S/C46H27N3O/c1-2-13-28(14-3-1)47-38-23-10-11-24-40(38)50-41-27-29(25-26-39(41)47)48-37-22-9-7-18-34(37)42-31-16-4-5-17-32(31)43-35-20-12-19-33-30-15-6-8-21-36(30)49(44(33)35)46(43)45(42)48/h1-27H. The predicted molar refractivity (Wildman–Crippen MR) is 208 cm³/mol. The van der Waals surface area contributed by atoms with Crippen LogP contribution < -0.4 is 9.64 Å². The van der Waals surface area contributed by atoms with Crippen molar-refractivity contribution in [3.05, 3.63) is 164 Å². The van der Waals surface area contributed by atoms with Gasteiger partial charge in [0, 0.05) is 44.1 Å². The summed E-state index contributed by atoms with van der Waals surface area (Å²) in [6.07, 6.45) is 0. The molecule has 0 unspecified atom stereocenters. The summed E-state index contributed by atoms with van der Waals surface area (Å²) in [6, 6.07) is 59.0. The number of para-hydroxylation sites is 6. The Labute approximate surface area is 286 Å². The van der Waals surface area contributed by atoms with Crippen molar-refractivity contribution >= 4 is 87.7 Å². The Kier molecular flexibility index (Phi) is 4.94. The molecule has 232 valence electrons. The molecule has 12 rings (SSSR count). The smallest absolute Gasteiger partial charge is 0.153 e. The van der Waals surface area contributed by atoms with Gasteiger partial charge in [-0.25, -0.2) is 0 Å². The Hall–Kier alpha value is -6.78. The lowest BCUT2D eigenvalue weighted by Crippen LogP contribution is -2.16. The number of rotatable bonds is 2. The van der Waals surface area contributed by atoms with E-state index in [2.05, 4.69) is 172 Å². The Morgan fingerprint density at radius 3 is 1.82 bits per heavy atom. The molecule has 0 atom stereocenters. The molecule has 0 saturated heterocycles. The van der Waals surface area contributed by atoms with Gasteiger partial charge in [-0.1, -0.05) is 109 Å². The zero-order valence-corrected chi connectivity index (χ0v) is 26.8. The molecule has 0 radical (unpaired) electrons. The van der Waals surface area contributed by atoms with E-state index in [0.29, 0.717) is 0 Å². The van der Waals surface area contributed by atoms with Gasteiger partial charge in [-0.3, -0.25) is 0 Å². The van der Waals surface area contributed by atoms with Crippen LogP contribution in [-0.2, 0) is 0 Å². The highest BCUT2D eigenvalue weighted by atomic mass is 16.5. The molecule has 0 spiro atoms. The summed E-state index contributed by atoms with van der Waals surface area (Å²) in [4.78, 5) is 2.30. The van der Waals surface area contributed by atoms with E-state index < -0.39 is 0 Å². The molecule has 4 heteroatoms. The first-order valence-electron chi connectivity index (χ1n) is 17.1. The summed E-state index contributed by atoms with van der Waals surface area (Å²) >= 11 is 0. The minimum absolute atomic E-state index is 0.825. The number of ether oxygens (including phenoxy) is 1. The fourth-order valence-corrected chi connectivity index (χ4v) is 8.85. The first-order valence-corrected chi connectivity index (χ1v) is 17.1. The van der Waals surface area contributed by atoms with E-state index in [9.17, 15) is 0 Å². The molecule has 0 fully saturated rings. The first kappa shape index (κ1) is 26.2. The number of fused-ring (bicyclic) bond motifs is 15. The van der Waals surface area contributed by atoms with Crippen LogP contribution in [0.25, 0.3) is 76.4 Å². The Morgan fingerprint density at radius 2 is 0.980 bits per heavy atom. The molecule has 0 amide bonds. The maximum absolute atomic E-state index is 6.74. The minimum atomic E-state index is 0.825. The van der Waals surface area contributed by atoms with Crippen molar-refractivity contribution in [3.8, 4) is 17.2 Å². The van der Waals surface area contributed by atoms with Crippen molar-refractivity contribution in [2.24, 2.45) is 0 Å². The zero-order chi connectivity index (χ0) is 32.5. The average molecular weight is 638 g/mol. The molecule has 3 aromatic heterocycles. The predicted octanol–water partition coefficient (Wildman–Crippen LogP) is 12.7. The summed E-state index contributed by atoms with van der Waals surface area (Å²) in [7, 11) is 0. The van der Waals surface area contributed by atoms with Gasteiger partial charge in [-0.2, -0.15) is 0 Å². The van der Waals surface area contributed by atoms with Crippen LogP contribution in [-0.4, -0.2) is 8.97 Å². The highest BCUT2D eigenvalue weighted by molar-refractivity contribution is 6.38. The molecule has 4 nitrogen and oxygen atoms in total. The van der Waals surface area contributed by atoms with Crippen molar-refractivity contribution in [3.63, 3.8) is 0 Å². The largest absolute Gasteiger partial charge is 0.453 e. The lowest BCUT2D eigenvalue weighted by molar-refractivity contribution is 0.477. The first-order chi connectivity index (χ1) is 24.8. The van der Waals surface area contributed by atoms with Crippen molar-refractivity contribution in [1.29, 1.82) is 0 Å². The van der Waals surface area contributed by atoms with Gasteiger partial charge >= 0.3 is 0 Å². The summed E-state index contributed by atoms with van der Waals surface area (Å²) in [5.41, 5.74) is 10.3. The highest BCUT2D eigenvalue weighted by Crippen LogP contribution is 2.52. The fourth-order valence-electron chi connectivity index (χ4n) is 8.85. The van der Waals surface area contributed by atoms with Crippen molar-refractivity contribution < 1.29 is 4.74 Å². The Balaban J connectivity index is 1.26. The zero-order valence-electron chi connectivity index (χ0n) is 26.8. The second-order valence-corrected chi connectivity index (χ2v) is 13.3. The Morgan fingerprint density at radius 1 is 0.360 bits per heavy atom. The summed E-state index contributed by atoms with van der Waals surface area (Å²) in [5.74, 6) is 1.66. The maximum atomic E-state index is 6.74. The number of anilines is 3. The lowest BCUT2D eigenvalue weighted by atomic mass is 9.98. The van der Waals surface area contributed by atoms with E-state index in [1.165, 1.54) is 70.7 Å². The van der Waals surface area contributed by atoms with Gasteiger partial charge < -0.3 is 18.6 Å². The van der Waals surface area contributed by atoms with Gasteiger partial charge in [-0.15, -0.1) is 0 Å². The van der Waals surface area contributed by atoms with E-state index >= 15 is 0 Å².